The minimum Gasteiger partial charge on any atom is -0.480 e. The largest absolute Gasteiger partial charge is 0.480 e. The standard InChI is InChI=1S/C15H24N4O2/c1-3-4-12-9-16-11(2)17-15(12)18-13-5-7-19(8-6-13)10-14(20)21/h9,13H,3-8,10H2,1-2H3,(H,20,21)(H,16,17,18). The molecule has 1 aliphatic rings. The summed E-state index contributed by atoms with van der Waals surface area (Å²) in [5, 5.41) is 12.3. The Bertz CT molecular complexity index is 485. The van der Waals surface area contributed by atoms with Crippen LogP contribution in [0.3, 0.4) is 0 Å². The van der Waals surface area contributed by atoms with Gasteiger partial charge in [0.25, 0.3) is 0 Å². The van der Waals surface area contributed by atoms with Crippen LogP contribution in [0, 0.1) is 6.92 Å². The number of nitrogens with one attached hydrogen (secondary N) is 1. The number of hydrogen-bond donors (Lipinski definition) is 2. The Hall–Kier alpha value is -1.69. The summed E-state index contributed by atoms with van der Waals surface area (Å²) in [7, 11) is 0. The van der Waals surface area contributed by atoms with E-state index in [9.17, 15) is 4.79 Å². The van der Waals surface area contributed by atoms with Crippen LogP contribution in [0.25, 0.3) is 0 Å². The van der Waals surface area contributed by atoms with E-state index >= 15 is 0 Å². The predicted molar refractivity (Wildman–Crippen MR) is 81.5 cm³/mol. The van der Waals surface area contributed by atoms with Gasteiger partial charge in [0.2, 0.25) is 0 Å². The number of rotatable bonds is 6. The number of anilines is 1. The highest BCUT2D eigenvalue weighted by Crippen LogP contribution is 2.19. The number of nitrogens with zero attached hydrogens (tertiary/aromatic N) is 3. The molecule has 0 saturated carbocycles. The van der Waals surface area contributed by atoms with Gasteiger partial charge in [0.05, 0.1) is 6.54 Å². The maximum atomic E-state index is 10.7. The number of carboxylic acids is 1. The fourth-order valence-electron chi connectivity index (χ4n) is 2.69. The molecule has 116 valence electrons. The molecule has 2 rings (SSSR count). The summed E-state index contributed by atoms with van der Waals surface area (Å²) in [4.78, 5) is 21.5. The molecule has 1 fully saturated rings. The van der Waals surface area contributed by atoms with Crippen molar-refractivity contribution in [2.75, 3.05) is 25.0 Å². The molecule has 6 heteroatoms. The van der Waals surface area contributed by atoms with Gasteiger partial charge in [0.15, 0.2) is 0 Å². The summed E-state index contributed by atoms with van der Waals surface area (Å²) >= 11 is 0. The molecule has 1 saturated heterocycles. The molecule has 1 aromatic heterocycles. The fraction of sp³-hybridized carbons (Fsp3) is 0.667. The van der Waals surface area contributed by atoms with Gasteiger partial charge < -0.3 is 10.4 Å². The summed E-state index contributed by atoms with van der Waals surface area (Å²) in [6, 6.07) is 0.361. The van der Waals surface area contributed by atoms with Gasteiger partial charge in [-0.15, -0.1) is 0 Å². The Kier molecular flexibility index (Phi) is 5.50. The second-order valence-corrected chi connectivity index (χ2v) is 5.63. The SMILES string of the molecule is CCCc1cnc(C)nc1NC1CCN(CC(=O)O)CC1. The molecule has 0 amide bonds. The number of aryl methyl sites for hydroxylation is 2. The Morgan fingerprint density at radius 3 is 2.81 bits per heavy atom. The quantitative estimate of drug-likeness (QED) is 0.831. The van der Waals surface area contributed by atoms with Gasteiger partial charge in [-0.2, -0.15) is 0 Å². The van der Waals surface area contributed by atoms with Crippen molar-refractivity contribution in [3.05, 3.63) is 17.6 Å². The van der Waals surface area contributed by atoms with Crippen molar-refractivity contribution in [2.45, 2.75) is 45.6 Å². The first-order chi connectivity index (χ1) is 10.1. The monoisotopic (exact) mass is 292 g/mol. The molecule has 0 atom stereocenters. The first kappa shape index (κ1) is 15.7. The molecule has 2 N–H and O–H groups in total. The Morgan fingerprint density at radius 1 is 1.48 bits per heavy atom. The molecule has 2 heterocycles. The van der Waals surface area contributed by atoms with E-state index in [0.717, 1.165) is 56.0 Å². The minimum absolute atomic E-state index is 0.139. The highest BCUT2D eigenvalue weighted by atomic mass is 16.4. The Morgan fingerprint density at radius 2 is 2.19 bits per heavy atom. The van der Waals surface area contributed by atoms with Crippen molar-refractivity contribution in [1.29, 1.82) is 0 Å². The van der Waals surface area contributed by atoms with Crippen LogP contribution >= 0.6 is 0 Å². The minimum atomic E-state index is -0.752. The molecular formula is C15H24N4O2. The smallest absolute Gasteiger partial charge is 0.317 e. The van der Waals surface area contributed by atoms with Crippen LogP contribution in [0.5, 0.6) is 0 Å². The van der Waals surface area contributed by atoms with Crippen molar-refractivity contribution >= 4 is 11.8 Å². The van der Waals surface area contributed by atoms with E-state index in [1.54, 1.807) is 0 Å². The van der Waals surface area contributed by atoms with Gasteiger partial charge in [-0.3, -0.25) is 9.69 Å². The number of aliphatic carboxylic acids is 1. The molecule has 6 nitrogen and oxygen atoms in total. The van der Waals surface area contributed by atoms with Crippen LogP contribution in [0.15, 0.2) is 6.20 Å². The number of carboxylic acid groups (broad SMARTS) is 1. The van der Waals surface area contributed by atoms with E-state index in [1.807, 2.05) is 18.0 Å². The zero-order chi connectivity index (χ0) is 15.2. The van der Waals surface area contributed by atoms with Gasteiger partial charge in [-0.1, -0.05) is 13.3 Å². The lowest BCUT2D eigenvalue weighted by molar-refractivity contribution is -0.138. The van der Waals surface area contributed by atoms with E-state index < -0.39 is 5.97 Å². The summed E-state index contributed by atoms with van der Waals surface area (Å²) in [6.07, 6.45) is 5.84. The maximum Gasteiger partial charge on any atom is 0.317 e. The van der Waals surface area contributed by atoms with E-state index in [1.165, 1.54) is 0 Å². The third-order valence-corrected chi connectivity index (χ3v) is 3.79. The number of piperidine rings is 1. The number of likely N-dealkylation sites (tertiary alicyclic amines) is 1. The molecule has 1 aliphatic heterocycles. The van der Waals surface area contributed by atoms with Gasteiger partial charge >= 0.3 is 5.97 Å². The van der Waals surface area contributed by atoms with Gasteiger partial charge in [0.1, 0.15) is 11.6 Å². The van der Waals surface area contributed by atoms with Crippen LogP contribution in [-0.2, 0) is 11.2 Å². The number of hydrogen-bond acceptors (Lipinski definition) is 5. The predicted octanol–water partition coefficient (Wildman–Crippen LogP) is 1.70. The third kappa shape index (κ3) is 4.67. The van der Waals surface area contributed by atoms with E-state index in [2.05, 4.69) is 22.2 Å². The third-order valence-electron chi connectivity index (χ3n) is 3.79. The molecule has 0 unspecified atom stereocenters. The van der Waals surface area contributed by atoms with E-state index in [4.69, 9.17) is 5.11 Å². The average molecular weight is 292 g/mol. The molecular weight excluding hydrogens is 268 g/mol. The number of carbonyl (C=O) groups is 1. The van der Waals surface area contributed by atoms with E-state index in [-0.39, 0.29) is 6.54 Å². The molecule has 0 aromatic carbocycles. The lowest BCUT2D eigenvalue weighted by Crippen LogP contribution is -2.41. The molecule has 0 radical (unpaired) electrons. The van der Waals surface area contributed by atoms with Gasteiger partial charge in [-0.25, -0.2) is 9.97 Å². The summed E-state index contributed by atoms with van der Waals surface area (Å²) in [5.41, 5.74) is 1.16. The second kappa shape index (κ2) is 7.36. The number of aromatic nitrogens is 2. The van der Waals surface area contributed by atoms with Crippen molar-refractivity contribution < 1.29 is 9.90 Å². The summed E-state index contributed by atoms with van der Waals surface area (Å²) in [5.74, 6) is 0.972. The van der Waals surface area contributed by atoms with Crippen LogP contribution in [-0.4, -0.2) is 51.6 Å². The molecule has 0 bridgehead atoms. The average Bonchev–Trinajstić information content (AvgIpc) is 2.43. The lowest BCUT2D eigenvalue weighted by Gasteiger charge is -2.31. The fourth-order valence-corrected chi connectivity index (χ4v) is 2.69. The Labute approximate surface area is 125 Å². The second-order valence-electron chi connectivity index (χ2n) is 5.63. The van der Waals surface area contributed by atoms with Crippen LogP contribution < -0.4 is 5.32 Å². The highest BCUT2D eigenvalue weighted by Gasteiger charge is 2.21. The van der Waals surface area contributed by atoms with Gasteiger partial charge in [0, 0.05) is 30.9 Å². The normalized spacial score (nSPS) is 16.9. The summed E-state index contributed by atoms with van der Waals surface area (Å²) < 4.78 is 0. The molecule has 1 aromatic rings. The topological polar surface area (TPSA) is 78.4 Å². The Balaban J connectivity index is 1.94. The van der Waals surface area contributed by atoms with Crippen LogP contribution in [0.2, 0.25) is 0 Å². The zero-order valence-corrected chi connectivity index (χ0v) is 12.8. The first-order valence-electron chi connectivity index (χ1n) is 7.61. The maximum absolute atomic E-state index is 10.7. The first-order valence-corrected chi connectivity index (χ1v) is 7.61. The van der Waals surface area contributed by atoms with E-state index in [0.29, 0.717) is 6.04 Å². The van der Waals surface area contributed by atoms with Crippen molar-refractivity contribution in [1.82, 2.24) is 14.9 Å². The van der Waals surface area contributed by atoms with Crippen LogP contribution in [0.4, 0.5) is 5.82 Å². The van der Waals surface area contributed by atoms with Crippen molar-refractivity contribution in [2.24, 2.45) is 0 Å². The van der Waals surface area contributed by atoms with Crippen LogP contribution in [0.1, 0.15) is 37.6 Å². The summed E-state index contributed by atoms with van der Waals surface area (Å²) in [6.45, 7) is 5.82. The van der Waals surface area contributed by atoms with Gasteiger partial charge in [-0.05, 0) is 26.2 Å². The molecule has 0 spiro atoms. The molecule has 21 heavy (non-hydrogen) atoms. The molecule has 0 aliphatic carbocycles. The highest BCUT2D eigenvalue weighted by molar-refractivity contribution is 5.69. The van der Waals surface area contributed by atoms with Crippen molar-refractivity contribution in [3.8, 4) is 0 Å². The zero-order valence-electron chi connectivity index (χ0n) is 12.8. The lowest BCUT2D eigenvalue weighted by atomic mass is 10.0. The van der Waals surface area contributed by atoms with Crippen molar-refractivity contribution in [3.63, 3.8) is 0 Å².